The lowest BCUT2D eigenvalue weighted by Gasteiger charge is -2.31. The number of hydrogen-bond donors (Lipinski definition) is 1. The number of carbonyl (C=O) groups is 1. The number of hydrogen-bond acceptors (Lipinski definition) is 5. The third-order valence-electron chi connectivity index (χ3n) is 4.59. The third-order valence-corrected chi connectivity index (χ3v) is 5.45. The molecule has 2 aromatic heterocycles. The lowest BCUT2D eigenvalue weighted by Crippen LogP contribution is -2.44. The van der Waals surface area contributed by atoms with Crippen LogP contribution in [0.25, 0.3) is 10.8 Å². The van der Waals surface area contributed by atoms with Gasteiger partial charge in [0.15, 0.2) is 0 Å². The number of thiophene rings is 1. The maximum atomic E-state index is 13.0. The van der Waals surface area contributed by atoms with E-state index in [2.05, 4.69) is 15.5 Å². The predicted molar refractivity (Wildman–Crippen MR) is 99.8 cm³/mol. The monoisotopic (exact) mass is 386 g/mol. The largest absolute Gasteiger partial charge is 0.420 e. The summed E-state index contributed by atoms with van der Waals surface area (Å²) < 4.78 is 18.8. The SMILES string of the molecule is O=C(NCc1ccc(F)cc1)N1CCCC(c2nnc(-c3cccs3)o2)C1. The Balaban J connectivity index is 1.36. The molecular weight excluding hydrogens is 367 g/mol. The smallest absolute Gasteiger partial charge is 0.317 e. The molecule has 0 spiro atoms. The van der Waals surface area contributed by atoms with E-state index in [0.717, 1.165) is 23.3 Å². The van der Waals surface area contributed by atoms with Crippen molar-refractivity contribution in [3.8, 4) is 10.8 Å². The number of rotatable bonds is 4. The molecule has 3 heterocycles. The second kappa shape index (κ2) is 7.87. The Hall–Kier alpha value is -2.74. The van der Waals surface area contributed by atoms with Gasteiger partial charge >= 0.3 is 6.03 Å². The molecule has 2 amide bonds. The van der Waals surface area contributed by atoms with Crippen molar-refractivity contribution in [2.45, 2.75) is 25.3 Å². The molecule has 0 aliphatic carbocycles. The number of aromatic nitrogens is 2. The summed E-state index contributed by atoms with van der Waals surface area (Å²) in [5.74, 6) is 0.856. The summed E-state index contributed by atoms with van der Waals surface area (Å²) in [6.45, 7) is 1.60. The molecule has 140 valence electrons. The van der Waals surface area contributed by atoms with Gasteiger partial charge in [-0.2, -0.15) is 0 Å². The zero-order valence-corrected chi connectivity index (χ0v) is 15.4. The van der Waals surface area contributed by atoms with Gasteiger partial charge < -0.3 is 14.6 Å². The maximum absolute atomic E-state index is 13.0. The highest BCUT2D eigenvalue weighted by molar-refractivity contribution is 7.13. The molecule has 0 bridgehead atoms. The van der Waals surface area contributed by atoms with Crippen LogP contribution in [0.4, 0.5) is 9.18 Å². The van der Waals surface area contributed by atoms with Gasteiger partial charge in [-0.05, 0) is 42.0 Å². The molecule has 1 atom stereocenters. The van der Waals surface area contributed by atoms with E-state index in [9.17, 15) is 9.18 Å². The van der Waals surface area contributed by atoms with Crippen molar-refractivity contribution in [1.29, 1.82) is 0 Å². The van der Waals surface area contributed by atoms with Crippen LogP contribution in [0.5, 0.6) is 0 Å². The fourth-order valence-corrected chi connectivity index (χ4v) is 3.80. The van der Waals surface area contributed by atoms with Crippen molar-refractivity contribution in [2.75, 3.05) is 13.1 Å². The molecule has 1 aliphatic rings. The number of piperidine rings is 1. The number of amides is 2. The van der Waals surface area contributed by atoms with Gasteiger partial charge in [-0.25, -0.2) is 9.18 Å². The number of urea groups is 1. The van der Waals surface area contributed by atoms with E-state index < -0.39 is 0 Å². The van der Waals surface area contributed by atoms with E-state index >= 15 is 0 Å². The van der Waals surface area contributed by atoms with Crippen molar-refractivity contribution in [3.05, 3.63) is 59.0 Å². The molecule has 1 saturated heterocycles. The molecule has 27 heavy (non-hydrogen) atoms. The lowest BCUT2D eigenvalue weighted by atomic mass is 9.98. The quantitative estimate of drug-likeness (QED) is 0.735. The summed E-state index contributed by atoms with van der Waals surface area (Å²) in [7, 11) is 0. The molecule has 0 radical (unpaired) electrons. The first-order chi connectivity index (χ1) is 13.2. The normalized spacial score (nSPS) is 17.1. The zero-order chi connectivity index (χ0) is 18.6. The van der Waals surface area contributed by atoms with Gasteiger partial charge in [-0.15, -0.1) is 21.5 Å². The minimum atomic E-state index is -0.287. The van der Waals surface area contributed by atoms with Crippen LogP contribution >= 0.6 is 11.3 Å². The van der Waals surface area contributed by atoms with Gasteiger partial charge in [0.05, 0.1) is 10.8 Å². The van der Waals surface area contributed by atoms with Gasteiger partial charge in [-0.1, -0.05) is 18.2 Å². The van der Waals surface area contributed by atoms with Crippen molar-refractivity contribution in [1.82, 2.24) is 20.4 Å². The minimum Gasteiger partial charge on any atom is -0.420 e. The Morgan fingerprint density at radius 1 is 1.30 bits per heavy atom. The number of halogens is 1. The van der Waals surface area contributed by atoms with Crippen LogP contribution in [0.1, 0.15) is 30.2 Å². The minimum absolute atomic E-state index is 0.0385. The van der Waals surface area contributed by atoms with Gasteiger partial charge in [0, 0.05) is 19.6 Å². The number of benzene rings is 1. The highest BCUT2D eigenvalue weighted by Crippen LogP contribution is 2.29. The van der Waals surface area contributed by atoms with E-state index in [1.807, 2.05) is 17.5 Å². The molecule has 4 rings (SSSR count). The second-order valence-corrected chi connectivity index (χ2v) is 7.44. The molecule has 1 unspecified atom stereocenters. The van der Waals surface area contributed by atoms with Gasteiger partial charge in [0.25, 0.3) is 5.89 Å². The molecule has 6 nitrogen and oxygen atoms in total. The topological polar surface area (TPSA) is 71.3 Å². The van der Waals surface area contributed by atoms with E-state index in [4.69, 9.17) is 4.42 Å². The highest BCUT2D eigenvalue weighted by atomic mass is 32.1. The number of likely N-dealkylation sites (tertiary alicyclic amines) is 1. The van der Waals surface area contributed by atoms with E-state index in [1.165, 1.54) is 12.1 Å². The summed E-state index contributed by atoms with van der Waals surface area (Å²) in [5, 5.41) is 13.2. The first kappa shape index (κ1) is 17.7. The summed E-state index contributed by atoms with van der Waals surface area (Å²) in [6.07, 6.45) is 1.79. The van der Waals surface area contributed by atoms with Crippen LogP contribution in [0.3, 0.4) is 0 Å². The number of nitrogens with zero attached hydrogens (tertiary/aromatic N) is 3. The Morgan fingerprint density at radius 2 is 2.15 bits per heavy atom. The average molecular weight is 386 g/mol. The molecule has 0 saturated carbocycles. The third kappa shape index (κ3) is 4.16. The van der Waals surface area contributed by atoms with Gasteiger partial charge in [-0.3, -0.25) is 0 Å². The van der Waals surface area contributed by atoms with Gasteiger partial charge in [0.2, 0.25) is 5.89 Å². The zero-order valence-electron chi connectivity index (χ0n) is 14.6. The van der Waals surface area contributed by atoms with Gasteiger partial charge in [0.1, 0.15) is 5.82 Å². The summed E-state index contributed by atoms with van der Waals surface area (Å²) in [4.78, 5) is 15.2. The molecule has 1 aromatic carbocycles. The molecule has 1 aliphatic heterocycles. The van der Waals surface area contributed by atoms with Crippen LogP contribution in [0, 0.1) is 5.82 Å². The Kier molecular flexibility index (Phi) is 5.15. The van der Waals surface area contributed by atoms with Crippen molar-refractivity contribution >= 4 is 17.4 Å². The van der Waals surface area contributed by atoms with Crippen LogP contribution in [0.2, 0.25) is 0 Å². The van der Waals surface area contributed by atoms with Crippen molar-refractivity contribution in [2.24, 2.45) is 0 Å². The Labute approximate surface area is 160 Å². The number of carbonyl (C=O) groups excluding carboxylic acids is 1. The Morgan fingerprint density at radius 3 is 2.93 bits per heavy atom. The predicted octanol–water partition coefficient (Wildman–Crippen LogP) is 4.03. The molecule has 1 N–H and O–H groups in total. The van der Waals surface area contributed by atoms with E-state index in [1.54, 1.807) is 28.4 Å². The van der Waals surface area contributed by atoms with Crippen LogP contribution < -0.4 is 5.32 Å². The van der Waals surface area contributed by atoms with E-state index in [-0.39, 0.29) is 17.8 Å². The van der Waals surface area contributed by atoms with Crippen LogP contribution in [0.15, 0.2) is 46.2 Å². The highest BCUT2D eigenvalue weighted by Gasteiger charge is 2.28. The molecule has 1 fully saturated rings. The second-order valence-electron chi connectivity index (χ2n) is 6.49. The summed E-state index contributed by atoms with van der Waals surface area (Å²) in [6, 6.07) is 9.86. The van der Waals surface area contributed by atoms with Crippen LogP contribution in [-0.2, 0) is 6.54 Å². The first-order valence-electron chi connectivity index (χ1n) is 8.83. The molecular formula is C19H19FN4O2S. The number of nitrogens with one attached hydrogen (secondary N) is 1. The van der Waals surface area contributed by atoms with Crippen molar-refractivity contribution in [3.63, 3.8) is 0 Å². The summed E-state index contributed by atoms with van der Waals surface area (Å²) >= 11 is 1.55. The van der Waals surface area contributed by atoms with E-state index in [0.29, 0.717) is 31.4 Å². The Bertz CT molecular complexity index is 895. The standard InChI is InChI=1S/C19H19FN4O2S/c20-15-7-5-13(6-8-15)11-21-19(25)24-9-1-3-14(12-24)17-22-23-18(26-17)16-4-2-10-27-16/h2,4-8,10,14H,1,3,9,11-12H2,(H,21,25). The maximum Gasteiger partial charge on any atom is 0.317 e. The fourth-order valence-electron chi connectivity index (χ4n) is 3.15. The summed E-state index contributed by atoms with van der Waals surface area (Å²) in [5.41, 5.74) is 0.857. The average Bonchev–Trinajstić information content (AvgIpc) is 3.39. The molecule has 3 aromatic rings. The van der Waals surface area contributed by atoms with Crippen molar-refractivity contribution < 1.29 is 13.6 Å². The lowest BCUT2D eigenvalue weighted by molar-refractivity contribution is 0.174. The first-order valence-corrected chi connectivity index (χ1v) is 9.71. The van der Waals surface area contributed by atoms with Crippen LogP contribution in [-0.4, -0.2) is 34.2 Å². The molecule has 8 heteroatoms. The fraction of sp³-hybridized carbons (Fsp3) is 0.316.